The molecule has 1 aromatic carbocycles. The zero-order valence-electron chi connectivity index (χ0n) is 21.4. The molecular weight excluding hydrogens is 508 g/mol. The van der Waals surface area contributed by atoms with Gasteiger partial charge in [0.1, 0.15) is 30.5 Å². The smallest absolute Gasteiger partial charge is 0.338 e. The largest absolute Gasteiger partial charge is 0.493 e. The van der Waals surface area contributed by atoms with E-state index >= 15 is 0 Å². The summed E-state index contributed by atoms with van der Waals surface area (Å²) in [4.78, 5) is 13.1. The summed E-state index contributed by atoms with van der Waals surface area (Å²) in [5, 5.41) is 51.2. The number of carbonyl (C=O) groups is 1. The first-order valence-electron chi connectivity index (χ1n) is 12.1. The third-order valence-corrected chi connectivity index (χ3v) is 7.26. The molecule has 3 aliphatic rings. The average molecular weight is 543 g/mol. The molecule has 0 bridgehead atoms. The lowest BCUT2D eigenvalue weighted by molar-refractivity contribution is -0.346. The lowest BCUT2D eigenvalue weighted by Crippen LogP contribution is -2.60. The minimum atomic E-state index is -1.65. The summed E-state index contributed by atoms with van der Waals surface area (Å²) < 4.78 is 38.5. The number of carbonyl (C=O) groups excluding carboxylic acids is 1. The second-order valence-electron chi connectivity index (χ2n) is 9.69. The van der Waals surface area contributed by atoms with Gasteiger partial charge in [-0.25, -0.2) is 4.79 Å². The van der Waals surface area contributed by atoms with E-state index in [9.17, 15) is 30.3 Å². The van der Waals surface area contributed by atoms with E-state index in [1.165, 1.54) is 39.7 Å². The van der Waals surface area contributed by atoms with Crippen LogP contribution in [-0.4, -0.2) is 108 Å². The molecule has 13 heteroatoms. The molecule has 13 nitrogen and oxygen atoms in total. The molecule has 2 aliphatic heterocycles. The van der Waals surface area contributed by atoms with Gasteiger partial charge in [0.25, 0.3) is 0 Å². The fourth-order valence-electron chi connectivity index (χ4n) is 5.30. The maximum absolute atomic E-state index is 13.1. The van der Waals surface area contributed by atoms with E-state index in [2.05, 4.69) is 0 Å². The van der Waals surface area contributed by atoms with Gasteiger partial charge in [-0.15, -0.1) is 0 Å². The third-order valence-electron chi connectivity index (χ3n) is 7.26. The van der Waals surface area contributed by atoms with E-state index in [-0.39, 0.29) is 23.5 Å². The number of hydrogen-bond donors (Lipinski definition) is 5. The molecule has 38 heavy (non-hydrogen) atoms. The first-order valence-corrected chi connectivity index (χ1v) is 12.1. The number of benzene rings is 1. The zero-order chi connectivity index (χ0) is 27.8. The van der Waals surface area contributed by atoms with Gasteiger partial charge in [0.05, 0.1) is 51.3 Å². The Hall–Kier alpha value is -2.65. The van der Waals surface area contributed by atoms with Gasteiger partial charge in [-0.3, -0.25) is 0 Å². The third kappa shape index (κ3) is 5.15. The number of esters is 1. The van der Waals surface area contributed by atoms with Crippen molar-refractivity contribution in [2.75, 3.05) is 27.9 Å². The van der Waals surface area contributed by atoms with E-state index in [0.717, 1.165) is 0 Å². The van der Waals surface area contributed by atoms with Crippen LogP contribution >= 0.6 is 0 Å². The van der Waals surface area contributed by atoms with E-state index in [1.807, 2.05) is 0 Å². The number of methoxy groups -OCH3 is 3. The Morgan fingerprint density at radius 3 is 2.26 bits per heavy atom. The molecule has 0 aromatic heterocycles. The summed E-state index contributed by atoms with van der Waals surface area (Å²) in [6.45, 7) is 0.920. The Labute approximate surface area is 219 Å². The maximum Gasteiger partial charge on any atom is 0.338 e. The first-order chi connectivity index (χ1) is 18.1. The molecule has 0 spiro atoms. The van der Waals surface area contributed by atoms with Crippen molar-refractivity contribution < 1.29 is 63.5 Å². The summed E-state index contributed by atoms with van der Waals surface area (Å²) in [7, 11) is 4.29. The minimum Gasteiger partial charge on any atom is -0.493 e. The number of fused-ring (bicyclic) bond motifs is 1. The van der Waals surface area contributed by atoms with Gasteiger partial charge in [0.15, 0.2) is 17.8 Å². The molecule has 10 atom stereocenters. The van der Waals surface area contributed by atoms with Crippen molar-refractivity contribution >= 4 is 5.97 Å². The molecule has 1 aliphatic carbocycles. The fourth-order valence-corrected chi connectivity index (χ4v) is 5.30. The van der Waals surface area contributed by atoms with Crippen LogP contribution in [0.1, 0.15) is 23.7 Å². The number of rotatable bonds is 8. The molecule has 2 fully saturated rings. The lowest BCUT2D eigenvalue weighted by atomic mass is 9.85. The van der Waals surface area contributed by atoms with Crippen LogP contribution in [-0.2, 0) is 18.9 Å². The highest BCUT2D eigenvalue weighted by Gasteiger charge is 2.58. The molecule has 212 valence electrons. The molecule has 2 heterocycles. The van der Waals surface area contributed by atoms with Crippen LogP contribution in [0.5, 0.6) is 17.2 Å². The first kappa shape index (κ1) is 28.4. The fraction of sp³-hybridized carbons (Fsp3) is 0.640. The van der Waals surface area contributed by atoms with Gasteiger partial charge in [0, 0.05) is 12.3 Å². The molecule has 1 aromatic rings. The van der Waals surface area contributed by atoms with Crippen molar-refractivity contribution in [1.82, 2.24) is 0 Å². The summed E-state index contributed by atoms with van der Waals surface area (Å²) in [5.41, 5.74) is -1.29. The molecule has 0 unspecified atom stereocenters. The van der Waals surface area contributed by atoms with Crippen LogP contribution in [0, 0.1) is 11.8 Å². The summed E-state index contributed by atoms with van der Waals surface area (Å²) in [5.74, 6) is -1.13. The number of aliphatic hydroxyl groups excluding tert-OH is 4. The zero-order valence-corrected chi connectivity index (χ0v) is 21.4. The molecule has 5 N–H and O–H groups in total. The Balaban J connectivity index is 1.52. The van der Waals surface area contributed by atoms with Crippen LogP contribution in [0.4, 0.5) is 0 Å². The minimum absolute atomic E-state index is 0.0424. The Morgan fingerprint density at radius 2 is 1.68 bits per heavy atom. The molecule has 0 amide bonds. The van der Waals surface area contributed by atoms with Crippen molar-refractivity contribution in [3.63, 3.8) is 0 Å². The van der Waals surface area contributed by atoms with Crippen LogP contribution in [0.15, 0.2) is 24.5 Å². The van der Waals surface area contributed by atoms with E-state index in [1.54, 1.807) is 13.0 Å². The van der Waals surface area contributed by atoms with Gasteiger partial charge in [-0.2, -0.15) is 0 Å². The van der Waals surface area contributed by atoms with Gasteiger partial charge in [-0.1, -0.05) is 0 Å². The highest BCUT2D eigenvalue weighted by Crippen LogP contribution is 2.48. The van der Waals surface area contributed by atoms with Crippen molar-refractivity contribution in [3.8, 4) is 17.2 Å². The molecule has 4 rings (SSSR count). The topological polar surface area (TPSA) is 183 Å². The van der Waals surface area contributed by atoms with E-state index in [4.69, 9.17) is 33.2 Å². The standard InChI is InChI=1S/C25H34O13/c1-25(31)9-15(36-22(30)11-7-13(32-2)21(34-4)14(8-11)33-3)12-5-6-35-23(17(12)25)38-24-20(29)19(28)18(27)16(10-26)37-24/h5-8,12,15-20,23-24,26-29,31H,9-10H2,1-4H3/t12-,15+,16+,17+,18+,19-,20+,23-,24-,25-/m0/s1. The van der Waals surface area contributed by atoms with Crippen LogP contribution in [0.25, 0.3) is 0 Å². The summed E-state index contributed by atoms with van der Waals surface area (Å²) in [6, 6.07) is 2.91. The van der Waals surface area contributed by atoms with Crippen molar-refractivity contribution in [3.05, 3.63) is 30.0 Å². The van der Waals surface area contributed by atoms with Crippen molar-refractivity contribution in [1.29, 1.82) is 0 Å². The predicted molar refractivity (Wildman–Crippen MR) is 126 cm³/mol. The highest BCUT2D eigenvalue weighted by molar-refractivity contribution is 5.91. The van der Waals surface area contributed by atoms with Crippen LogP contribution in [0.2, 0.25) is 0 Å². The second-order valence-corrected chi connectivity index (χ2v) is 9.69. The van der Waals surface area contributed by atoms with Crippen molar-refractivity contribution in [2.24, 2.45) is 11.8 Å². The van der Waals surface area contributed by atoms with Crippen molar-refractivity contribution in [2.45, 2.75) is 62.0 Å². The molecule has 1 saturated heterocycles. The molecular formula is C25H34O13. The van der Waals surface area contributed by atoms with Gasteiger partial charge in [0.2, 0.25) is 12.0 Å². The normalized spacial score (nSPS) is 38.2. The number of ether oxygens (including phenoxy) is 7. The van der Waals surface area contributed by atoms with Crippen LogP contribution in [0.3, 0.4) is 0 Å². The second kappa shape index (κ2) is 11.2. The van der Waals surface area contributed by atoms with Gasteiger partial charge >= 0.3 is 5.97 Å². The highest BCUT2D eigenvalue weighted by atomic mass is 16.8. The Kier molecular flexibility index (Phi) is 8.37. The number of hydrogen-bond acceptors (Lipinski definition) is 13. The van der Waals surface area contributed by atoms with Gasteiger partial charge in [-0.05, 0) is 25.1 Å². The summed E-state index contributed by atoms with van der Waals surface area (Å²) >= 11 is 0. The van der Waals surface area contributed by atoms with E-state index < -0.39 is 73.1 Å². The monoisotopic (exact) mass is 542 g/mol. The Morgan fingerprint density at radius 1 is 1.03 bits per heavy atom. The quantitative estimate of drug-likeness (QED) is 0.261. The van der Waals surface area contributed by atoms with Crippen LogP contribution < -0.4 is 14.2 Å². The lowest BCUT2D eigenvalue weighted by Gasteiger charge is -2.43. The predicted octanol–water partition coefficient (Wildman–Crippen LogP) is -0.689. The maximum atomic E-state index is 13.1. The number of aliphatic hydroxyl groups is 5. The summed E-state index contributed by atoms with van der Waals surface area (Å²) in [6.07, 6.45) is -6.43. The molecule has 0 radical (unpaired) electrons. The average Bonchev–Trinajstić information content (AvgIpc) is 3.17. The molecule has 1 saturated carbocycles. The SMILES string of the molecule is COc1cc(C(=O)O[C@@H]2C[C@](C)(O)[C@H]3[C@H](O[C@@H]4O[C@H](CO)[C@@H](O)[C@H](O)[C@H]4O)OC=C[C@H]32)cc(OC)c1OC. The van der Waals surface area contributed by atoms with E-state index in [0.29, 0.717) is 5.75 Å². The van der Waals surface area contributed by atoms with Gasteiger partial charge < -0.3 is 58.7 Å². The Bertz CT molecular complexity index is 1000.